The Morgan fingerprint density at radius 2 is 1.72 bits per heavy atom. The summed E-state index contributed by atoms with van der Waals surface area (Å²) in [6.45, 7) is 4.78. The van der Waals surface area contributed by atoms with Gasteiger partial charge in [-0.15, -0.1) is 22.7 Å². The van der Waals surface area contributed by atoms with E-state index in [1.54, 1.807) is 35.6 Å². The predicted octanol–water partition coefficient (Wildman–Crippen LogP) is 4.30. The maximum absolute atomic E-state index is 13.0. The molecule has 4 aromatic rings. The molecule has 15 heteroatoms. The van der Waals surface area contributed by atoms with Crippen molar-refractivity contribution in [3.8, 4) is 31.2 Å². The van der Waals surface area contributed by atoms with E-state index >= 15 is 0 Å². The quantitative estimate of drug-likeness (QED) is 0.169. The predicted molar refractivity (Wildman–Crippen MR) is 163 cm³/mol. The molecule has 3 amide bonds. The summed E-state index contributed by atoms with van der Waals surface area (Å²) in [5, 5.41) is 7.06. The number of amides is 3. The van der Waals surface area contributed by atoms with E-state index in [1.165, 1.54) is 18.4 Å². The Morgan fingerprint density at radius 1 is 1.02 bits per heavy atom. The maximum atomic E-state index is 13.0. The summed E-state index contributed by atoms with van der Waals surface area (Å²) in [7, 11) is 1.27. The number of unbranched alkanes of at least 4 members (excludes halogenated alkanes) is 1. The van der Waals surface area contributed by atoms with Crippen molar-refractivity contribution < 1.29 is 19.1 Å². The van der Waals surface area contributed by atoms with Crippen LogP contribution in [0, 0.1) is 0 Å². The molecule has 4 aromatic heterocycles. The Balaban J connectivity index is 1.19. The second-order valence-electron chi connectivity index (χ2n) is 10.2. The van der Waals surface area contributed by atoms with E-state index in [9.17, 15) is 14.4 Å². The number of nitrogens with one attached hydrogen (secondary N) is 4. The number of alkyl carbamates (subject to hydrolysis) is 1. The third-order valence-electron chi connectivity index (χ3n) is 7.17. The molecule has 0 unspecified atom stereocenters. The summed E-state index contributed by atoms with van der Waals surface area (Å²) in [5.74, 6) is 1.52. The molecule has 13 nitrogen and oxygen atoms in total. The molecule has 1 aliphatic rings. The van der Waals surface area contributed by atoms with Crippen molar-refractivity contribution in [1.29, 1.82) is 0 Å². The van der Waals surface area contributed by atoms with Gasteiger partial charge in [-0.25, -0.2) is 24.7 Å². The summed E-state index contributed by atoms with van der Waals surface area (Å²) in [4.78, 5) is 64.6. The topological polar surface area (TPSA) is 171 Å². The van der Waals surface area contributed by atoms with Gasteiger partial charge in [-0.3, -0.25) is 9.59 Å². The van der Waals surface area contributed by atoms with Crippen molar-refractivity contribution in [3.05, 3.63) is 36.4 Å². The molecule has 0 radical (unpaired) electrons. The number of imidazole rings is 2. The zero-order chi connectivity index (χ0) is 30.3. The van der Waals surface area contributed by atoms with Crippen LogP contribution in [0.1, 0.15) is 63.6 Å². The minimum Gasteiger partial charge on any atom is -0.453 e. The molecule has 0 spiro atoms. The van der Waals surface area contributed by atoms with Crippen LogP contribution in [-0.4, -0.2) is 79.0 Å². The van der Waals surface area contributed by atoms with Gasteiger partial charge in [0.05, 0.1) is 46.7 Å². The van der Waals surface area contributed by atoms with Crippen LogP contribution in [0.2, 0.25) is 0 Å². The van der Waals surface area contributed by atoms with Crippen LogP contribution in [0.25, 0.3) is 31.2 Å². The molecule has 5 rings (SSSR count). The van der Waals surface area contributed by atoms with Crippen molar-refractivity contribution >= 4 is 40.6 Å². The summed E-state index contributed by atoms with van der Waals surface area (Å²) >= 11 is 3.06. The number of thiazole rings is 2. The number of nitrogens with zero attached hydrogens (tertiary/aromatic N) is 5. The van der Waals surface area contributed by atoms with E-state index in [0.29, 0.717) is 25.3 Å². The number of carbonyl (C=O) groups excluding carboxylic acids is 3. The second-order valence-corrected chi connectivity index (χ2v) is 12.3. The lowest BCUT2D eigenvalue weighted by Crippen LogP contribution is -2.46. The maximum Gasteiger partial charge on any atom is 0.407 e. The zero-order valence-corrected chi connectivity index (χ0v) is 25.9. The molecular weight excluding hydrogens is 591 g/mol. The molecule has 1 saturated heterocycles. The molecule has 43 heavy (non-hydrogen) atoms. The molecule has 1 aliphatic heterocycles. The number of ether oxygens (including phenoxy) is 1. The van der Waals surface area contributed by atoms with E-state index in [2.05, 4.69) is 45.3 Å². The second kappa shape index (κ2) is 13.9. The van der Waals surface area contributed by atoms with Crippen molar-refractivity contribution in [2.75, 3.05) is 20.2 Å². The van der Waals surface area contributed by atoms with Crippen LogP contribution in [0.4, 0.5) is 4.79 Å². The number of rotatable bonds is 12. The highest BCUT2D eigenvalue weighted by Gasteiger charge is 2.34. The monoisotopic (exact) mass is 625 g/mol. The number of aromatic amines is 2. The normalized spacial score (nSPS) is 15.4. The smallest absolute Gasteiger partial charge is 0.407 e. The summed E-state index contributed by atoms with van der Waals surface area (Å²) in [5.41, 5.74) is 1.74. The number of hydrogen-bond donors (Lipinski definition) is 4. The van der Waals surface area contributed by atoms with Crippen molar-refractivity contribution in [2.45, 2.75) is 64.5 Å². The first kappa shape index (κ1) is 30.4. The van der Waals surface area contributed by atoms with Crippen LogP contribution in [0.3, 0.4) is 0 Å². The highest BCUT2D eigenvalue weighted by molar-refractivity contribution is 7.24. The fourth-order valence-electron chi connectivity index (χ4n) is 4.87. The van der Waals surface area contributed by atoms with Crippen molar-refractivity contribution in [1.82, 2.24) is 45.4 Å². The Kier molecular flexibility index (Phi) is 9.82. The first-order valence-electron chi connectivity index (χ1n) is 14.3. The highest BCUT2D eigenvalue weighted by atomic mass is 32.1. The van der Waals surface area contributed by atoms with Gasteiger partial charge in [-0.1, -0.05) is 6.92 Å². The summed E-state index contributed by atoms with van der Waals surface area (Å²) < 4.78 is 4.62. The molecule has 0 aromatic carbocycles. The zero-order valence-electron chi connectivity index (χ0n) is 24.3. The molecule has 0 aliphatic carbocycles. The van der Waals surface area contributed by atoms with Crippen LogP contribution in [0.15, 0.2) is 24.8 Å². The first-order valence-corrected chi connectivity index (χ1v) is 15.9. The Morgan fingerprint density at radius 3 is 2.42 bits per heavy atom. The minimum atomic E-state index is -0.700. The molecule has 228 valence electrons. The lowest BCUT2D eigenvalue weighted by Gasteiger charge is -2.26. The Hall–Kier alpha value is -4.11. The number of hydrogen-bond acceptors (Lipinski definition) is 10. The largest absolute Gasteiger partial charge is 0.453 e. The molecule has 0 saturated carbocycles. The molecule has 5 heterocycles. The van der Waals surface area contributed by atoms with Gasteiger partial charge in [0.2, 0.25) is 11.8 Å². The van der Waals surface area contributed by atoms with Crippen molar-refractivity contribution in [3.63, 3.8) is 0 Å². The van der Waals surface area contributed by atoms with E-state index in [-0.39, 0.29) is 17.9 Å². The fourth-order valence-corrected chi connectivity index (χ4v) is 6.67. The van der Waals surface area contributed by atoms with Crippen LogP contribution in [0.5, 0.6) is 0 Å². The Bertz CT molecular complexity index is 1560. The number of aromatic nitrogens is 6. The summed E-state index contributed by atoms with van der Waals surface area (Å²) in [6, 6.07) is -0.896. The summed E-state index contributed by atoms with van der Waals surface area (Å²) in [6.07, 6.45) is 11.4. The minimum absolute atomic E-state index is 0.0780. The number of carbonyl (C=O) groups is 3. The van der Waals surface area contributed by atoms with Crippen LogP contribution in [-0.2, 0) is 20.7 Å². The molecule has 1 fully saturated rings. The van der Waals surface area contributed by atoms with E-state index in [4.69, 9.17) is 0 Å². The van der Waals surface area contributed by atoms with Gasteiger partial charge < -0.3 is 30.2 Å². The number of aryl methyl sites for hydroxylation is 1. The first-order chi connectivity index (χ1) is 20.9. The van der Waals surface area contributed by atoms with E-state index in [1.807, 2.05) is 19.3 Å². The lowest BCUT2D eigenvalue weighted by atomic mass is 10.2. The van der Waals surface area contributed by atoms with Gasteiger partial charge in [0.1, 0.15) is 17.7 Å². The third-order valence-corrected chi connectivity index (χ3v) is 9.38. The number of H-pyrrole nitrogens is 2. The van der Waals surface area contributed by atoms with Crippen LogP contribution < -0.4 is 10.6 Å². The standard InChI is InChI=1S/C28H35N9O4S2/c1-4-23(38)29-10-6-5-9-22-30-12-17(35-22)20-14-32-25(42-20)26-33-15-21(43-26)18-13-31-24(36-18)19-8-7-11-37(19)27(39)16(2)34-28(40)41-3/h12-16,19H,4-11H2,1-3H3,(H,29,38)(H,30,35)(H,31,36)(H,34,40)/t16-,19-/m0/s1. The van der Waals surface area contributed by atoms with Gasteiger partial charge in [0, 0.05) is 38.3 Å². The van der Waals surface area contributed by atoms with Gasteiger partial charge >= 0.3 is 6.09 Å². The Labute approximate surface area is 256 Å². The number of likely N-dealkylation sites (tertiary alicyclic amines) is 1. The average Bonchev–Trinajstić information content (AvgIpc) is 3.84. The third kappa shape index (κ3) is 7.28. The van der Waals surface area contributed by atoms with E-state index in [0.717, 1.165) is 69.1 Å². The molecular formula is C28H35N9O4S2. The molecule has 4 N–H and O–H groups in total. The van der Waals surface area contributed by atoms with Crippen LogP contribution >= 0.6 is 22.7 Å². The molecule has 2 atom stereocenters. The SMILES string of the molecule is CCC(=O)NCCCCc1ncc(-c2cnc(-c3ncc(-c4cnc([C@@H]5CCCN5C(=O)[C@H](C)NC(=O)OC)[nH]4)s3)s2)[nH]1. The van der Waals surface area contributed by atoms with Gasteiger partial charge in [0.15, 0.2) is 10.0 Å². The lowest BCUT2D eigenvalue weighted by molar-refractivity contribution is -0.134. The fraction of sp³-hybridized carbons (Fsp3) is 0.464. The van der Waals surface area contributed by atoms with Gasteiger partial charge in [-0.05, 0) is 32.6 Å². The van der Waals surface area contributed by atoms with Gasteiger partial charge in [-0.2, -0.15) is 0 Å². The van der Waals surface area contributed by atoms with E-state index < -0.39 is 12.1 Å². The van der Waals surface area contributed by atoms with Crippen molar-refractivity contribution in [2.24, 2.45) is 0 Å². The highest BCUT2D eigenvalue weighted by Crippen LogP contribution is 2.37. The number of methoxy groups -OCH3 is 1. The average molecular weight is 626 g/mol. The molecule has 0 bridgehead atoms. The van der Waals surface area contributed by atoms with Gasteiger partial charge in [0.25, 0.3) is 0 Å².